The van der Waals surface area contributed by atoms with E-state index in [4.69, 9.17) is 0 Å². The number of piperazine rings is 1. The second kappa shape index (κ2) is 8.47. The minimum atomic E-state index is -0.465. The molecule has 30 heavy (non-hydrogen) atoms. The molecule has 0 saturated carbocycles. The Morgan fingerprint density at radius 3 is 2.43 bits per heavy atom. The van der Waals surface area contributed by atoms with E-state index in [0.717, 1.165) is 43.3 Å². The van der Waals surface area contributed by atoms with E-state index in [1.165, 1.54) is 29.2 Å². The van der Waals surface area contributed by atoms with Gasteiger partial charge in [0.05, 0.1) is 18.2 Å². The van der Waals surface area contributed by atoms with Gasteiger partial charge in [-0.1, -0.05) is 13.3 Å². The van der Waals surface area contributed by atoms with Crippen molar-refractivity contribution in [2.24, 2.45) is 0 Å². The van der Waals surface area contributed by atoms with Gasteiger partial charge in [-0.15, -0.1) is 0 Å². The summed E-state index contributed by atoms with van der Waals surface area (Å²) in [4.78, 5) is 40.0. The summed E-state index contributed by atoms with van der Waals surface area (Å²) in [5.74, 6) is 0.822. The van der Waals surface area contributed by atoms with Crippen molar-refractivity contribution < 1.29 is 14.0 Å². The minimum Gasteiger partial charge on any atom is -0.354 e. The topological polar surface area (TPSA) is 69.6 Å². The van der Waals surface area contributed by atoms with Crippen molar-refractivity contribution in [1.82, 2.24) is 14.9 Å². The number of imide groups is 1. The van der Waals surface area contributed by atoms with Crippen LogP contribution in [0.1, 0.15) is 31.3 Å². The molecule has 1 aromatic heterocycles. The number of anilines is 2. The molecule has 0 unspecified atom stereocenters. The van der Waals surface area contributed by atoms with Gasteiger partial charge in [-0.3, -0.25) is 14.5 Å². The largest absolute Gasteiger partial charge is 0.354 e. The Labute approximate surface area is 175 Å². The lowest BCUT2D eigenvalue weighted by Crippen LogP contribution is -2.52. The molecular weight excluding hydrogens is 385 g/mol. The summed E-state index contributed by atoms with van der Waals surface area (Å²) in [7, 11) is 0. The summed E-state index contributed by atoms with van der Waals surface area (Å²) in [6.07, 6.45) is 2.11. The first-order valence-corrected chi connectivity index (χ1v) is 10.4. The fraction of sp³-hybridized carbons (Fsp3) is 0.455. The maximum Gasteiger partial charge on any atom is 0.251 e. The molecule has 1 atom stereocenters. The molecule has 0 bridgehead atoms. The van der Waals surface area contributed by atoms with Crippen LogP contribution < -0.4 is 9.80 Å². The molecule has 2 aliphatic rings. The number of amides is 2. The molecule has 1 aromatic carbocycles. The van der Waals surface area contributed by atoms with Crippen molar-refractivity contribution in [3.05, 3.63) is 47.7 Å². The van der Waals surface area contributed by atoms with Crippen LogP contribution in [0.5, 0.6) is 0 Å². The summed E-state index contributed by atoms with van der Waals surface area (Å²) in [6, 6.07) is 7.05. The predicted molar refractivity (Wildman–Crippen MR) is 112 cm³/mol. The zero-order valence-electron chi connectivity index (χ0n) is 17.3. The molecule has 158 valence electrons. The third-order valence-corrected chi connectivity index (χ3v) is 5.67. The van der Waals surface area contributed by atoms with Crippen LogP contribution in [0, 0.1) is 12.7 Å². The Morgan fingerprint density at radius 2 is 1.77 bits per heavy atom. The predicted octanol–water partition coefficient (Wildman–Crippen LogP) is 2.33. The third kappa shape index (κ3) is 4.05. The number of carbonyl (C=O) groups excluding carboxylic acids is 2. The molecule has 0 radical (unpaired) electrons. The second-order valence-electron chi connectivity index (χ2n) is 7.80. The average molecular weight is 411 g/mol. The van der Waals surface area contributed by atoms with Crippen molar-refractivity contribution in [3.63, 3.8) is 0 Å². The maximum absolute atomic E-state index is 13.2. The van der Waals surface area contributed by atoms with Gasteiger partial charge in [0.2, 0.25) is 5.91 Å². The fourth-order valence-corrected chi connectivity index (χ4v) is 4.18. The van der Waals surface area contributed by atoms with E-state index in [9.17, 15) is 14.0 Å². The van der Waals surface area contributed by atoms with Gasteiger partial charge in [0.25, 0.3) is 5.91 Å². The Kier molecular flexibility index (Phi) is 5.76. The van der Waals surface area contributed by atoms with Crippen LogP contribution in [0.15, 0.2) is 30.3 Å². The van der Waals surface area contributed by atoms with Crippen LogP contribution in [0.2, 0.25) is 0 Å². The lowest BCUT2D eigenvalue weighted by Gasteiger charge is -2.37. The third-order valence-electron chi connectivity index (χ3n) is 5.67. The van der Waals surface area contributed by atoms with Gasteiger partial charge in [-0.05, 0) is 37.6 Å². The maximum atomic E-state index is 13.2. The Morgan fingerprint density at radius 1 is 1.07 bits per heavy atom. The number of rotatable bonds is 5. The van der Waals surface area contributed by atoms with E-state index in [1.807, 2.05) is 13.0 Å². The monoisotopic (exact) mass is 411 g/mol. The lowest BCUT2D eigenvalue weighted by molar-refractivity contribution is -0.123. The Hall–Kier alpha value is -2.87. The molecular formula is C22H26FN5O2. The van der Waals surface area contributed by atoms with Crippen molar-refractivity contribution in [3.8, 4) is 0 Å². The van der Waals surface area contributed by atoms with Gasteiger partial charge in [0, 0.05) is 37.9 Å². The summed E-state index contributed by atoms with van der Waals surface area (Å²) in [6.45, 7) is 6.85. The van der Waals surface area contributed by atoms with E-state index in [1.54, 1.807) is 0 Å². The summed E-state index contributed by atoms with van der Waals surface area (Å²) >= 11 is 0. The number of halogens is 1. The number of benzene rings is 1. The average Bonchev–Trinajstić information content (AvgIpc) is 3.03. The molecule has 0 N–H and O–H groups in total. The van der Waals surface area contributed by atoms with E-state index >= 15 is 0 Å². The molecule has 2 saturated heterocycles. The lowest BCUT2D eigenvalue weighted by atomic mass is 10.1. The van der Waals surface area contributed by atoms with Crippen LogP contribution >= 0.6 is 0 Å². The first-order chi connectivity index (χ1) is 14.5. The second-order valence-corrected chi connectivity index (χ2v) is 7.80. The molecule has 2 amide bonds. The highest BCUT2D eigenvalue weighted by atomic mass is 19.1. The van der Waals surface area contributed by atoms with Crippen LogP contribution in [0.25, 0.3) is 0 Å². The van der Waals surface area contributed by atoms with Crippen molar-refractivity contribution >= 4 is 23.3 Å². The number of carbonyl (C=O) groups is 2. The molecule has 2 aromatic rings. The summed E-state index contributed by atoms with van der Waals surface area (Å²) < 4.78 is 13.2. The molecule has 2 fully saturated rings. The van der Waals surface area contributed by atoms with Gasteiger partial charge < -0.3 is 4.90 Å². The van der Waals surface area contributed by atoms with Crippen molar-refractivity contribution in [1.29, 1.82) is 0 Å². The zero-order valence-corrected chi connectivity index (χ0v) is 17.3. The fourth-order valence-electron chi connectivity index (χ4n) is 4.18. The van der Waals surface area contributed by atoms with Crippen LogP contribution in [-0.4, -0.2) is 58.9 Å². The Balaban J connectivity index is 1.43. The van der Waals surface area contributed by atoms with Gasteiger partial charge >= 0.3 is 0 Å². The molecule has 7 nitrogen and oxygen atoms in total. The van der Waals surface area contributed by atoms with E-state index < -0.39 is 11.9 Å². The van der Waals surface area contributed by atoms with Crippen LogP contribution in [0.4, 0.5) is 15.9 Å². The van der Waals surface area contributed by atoms with E-state index in [2.05, 4.69) is 26.7 Å². The van der Waals surface area contributed by atoms with Crippen molar-refractivity contribution in [2.45, 2.75) is 39.2 Å². The first-order valence-electron chi connectivity index (χ1n) is 10.4. The van der Waals surface area contributed by atoms with Gasteiger partial charge in [-0.25, -0.2) is 19.3 Å². The van der Waals surface area contributed by atoms with Crippen LogP contribution in [0.3, 0.4) is 0 Å². The minimum absolute atomic E-state index is 0.156. The zero-order chi connectivity index (χ0) is 21.3. The van der Waals surface area contributed by atoms with Crippen molar-refractivity contribution in [2.75, 3.05) is 36.0 Å². The molecule has 0 spiro atoms. The van der Waals surface area contributed by atoms with E-state index in [0.29, 0.717) is 18.8 Å². The quantitative estimate of drug-likeness (QED) is 0.704. The number of hydrogen-bond acceptors (Lipinski definition) is 6. The highest BCUT2D eigenvalue weighted by Crippen LogP contribution is 2.27. The van der Waals surface area contributed by atoms with E-state index in [-0.39, 0.29) is 18.2 Å². The normalized spacial score (nSPS) is 20.3. The number of aromatic nitrogens is 2. The first kappa shape index (κ1) is 20.4. The molecule has 8 heteroatoms. The number of aryl methyl sites for hydroxylation is 2. The Bertz CT molecular complexity index is 941. The number of nitrogens with zero attached hydrogens (tertiary/aromatic N) is 5. The van der Waals surface area contributed by atoms with Gasteiger partial charge in [0.1, 0.15) is 17.5 Å². The smallest absolute Gasteiger partial charge is 0.251 e. The van der Waals surface area contributed by atoms with Crippen LogP contribution in [-0.2, 0) is 16.0 Å². The summed E-state index contributed by atoms with van der Waals surface area (Å²) in [5, 5.41) is 0. The highest BCUT2D eigenvalue weighted by molar-refractivity contribution is 6.22. The SMILES string of the molecule is CCCc1cc(N2CCN([C@@H]3CC(=O)N(c4ccc(F)cc4)C3=O)CC2)nc(C)n1. The summed E-state index contributed by atoms with van der Waals surface area (Å²) in [5.41, 5.74) is 1.47. The van der Waals surface area contributed by atoms with Gasteiger partial charge in [-0.2, -0.15) is 0 Å². The highest BCUT2D eigenvalue weighted by Gasteiger charge is 2.43. The standard InChI is InChI=1S/C22H26FN5O2/c1-3-4-17-13-20(25-15(2)24-17)27-11-9-26(10-12-27)19-14-21(29)28(22(19)30)18-7-5-16(23)6-8-18/h5-8,13,19H,3-4,9-12,14H2,1-2H3/t19-/m1/s1. The molecule has 4 rings (SSSR count). The van der Waals surface area contributed by atoms with Gasteiger partial charge in [0.15, 0.2) is 0 Å². The molecule has 2 aliphatic heterocycles. The molecule has 0 aliphatic carbocycles. The molecule has 3 heterocycles. The number of hydrogen-bond donors (Lipinski definition) is 0.